The molecule has 2 heterocycles. The zero-order valence-corrected chi connectivity index (χ0v) is 16.0. The van der Waals surface area contributed by atoms with Crippen LogP contribution in [0.1, 0.15) is 18.1 Å². The van der Waals surface area contributed by atoms with Crippen molar-refractivity contribution in [1.82, 2.24) is 30.4 Å². The molecule has 0 bridgehead atoms. The molecule has 0 atom stereocenters. The van der Waals surface area contributed by atoms with Crippen LogP contribution in [0.3, 0.4) is 0 Å². The van der Waals surface area contributed by atoms with Gasteiger partial charge in [0.1, 0.15) is 12.1 Å². The van der Waals surface area contributed by atoms with Crippen molar-refractivity contribution in [3.05, 3.63) is 47.9 Å². The van der Waals surface area contributed by atoms with E-state index in [0.717, 1.165) is 29.4 Å². The van der Waals surface area contributed by atoms with Crippen molar-refractivity contribution >= 4 is 22.8 Å². The van der Waals surface area contributed by atoms with Crippen molar-refractivity contribution < 1.29 is 0 Å². The number of guanidine groups is 1. The van der Waals surface area contributed by atoms with Gasteiger partial charge in [-0.15, -0.1) is 0 Å². The summed E-state index contributed by atoms with van der Waals surface area (Å²) in [5, 5.41) is 15.1. The second kappa shape index (κ2) is 8.98. The molecule has 3 rings (SSSR count). The first-order valence-corrected chi connectivity index (χ1v) is 9.12. The molecule has 0 radical (unpaired) electrons. The van der Waals surface area contributed by atoms with E-state index in [1.54, 1.807) is 17.2 Å². The predicted octanol–water partition coefficient (Wildman–Crippen LogP) is 1.84. The van der Waals surface area contributed by atoms with Crippen molar-refractivity contribution in [3.63, 3.8) is 0 Å². The average molecular weight is 366 g/mol. The summed E-state index contributed by atoms with van der Waals surface area (Å²) in [5.74, 6) is 1.59. The van der Waals surface area contributed by atoms with Crippen molar-refractivity contribution in [2.45, 2.75) is 20.4 Å². The van der Waals surface area contributed by atoms with E-state index in [1.165, 1.54) is 11.1 Å². The lowest BCUT2D eigenvalue weighted by atomic mass is 10.1. The maximum Gasteiger partial charge on any atom is 0.191 e. The Morgan fingerprint density at radius 1 is 1.15 bits per heavy atom. The van der Waals surface area contributed by atoms with Crippen molar-refractivity contribution in [3.8, 4) is 0 Å². The summed E-state index contributed by atoms with van der Waals surface area (Å²) in [7, 11) is 1.87. The zero-order valence-electron chi connectivity index (χ0n) is 16.0. The van der Waals surface area contributed by atoms with Gasteiger partial charge in [-0.05, 0) is 25.0 Å². The van der Waals surface area contributed by atoms with Gasteiger partial charge in [0.2, 0.25) is 0 Å². The first kappa shape index (κ1) is 18.6. The molecule has 142 valence electrons. The molecule has 3 aromatic rings. The number of hydrogen-bond acceptors (Lipinski definition) is 5. The minimum absolute atomic E-state index is 0.650. The number of nitrogens with one attached hydrogen (secondary N) is 3. The number of fused-ring (bicyclic) bond motifs is 1. The summed E-state index contributed by atoms with van der Waals surface area (Å²) in [6.07, 6.45) is 3.33. The van der Waals surface area contributed by atoms with Crippen LogP contribution < -0.4 is 16.0 Å². The van der Waals surface area contributed by atoms with Gasteiger partial charge in [-0.2, -0.15) is 5.10 Å². The van der Waals surface area contributed by atoms with E-state index < -0.39 is 0 Å². The van der Waals surface area contributed by atoms with Crippen LogP contribution in [0.15, 0.2) is 41.8 Å². The smallest absolute Gasteiger partial charge is 0.191 e. The molecule has 0 aliphatic heterocycles. The van der Waals surface area contributed by atoms with E-state index in [4.69, 9.17) is 0 Å². The number of nitrogens with zero attached hydrogens (tertiary/aromatic N) is 5. The molecule has 8 heteroatoms. The summed E-state index contributed by atoms with van der Waals surface area (Å²) in [5.41, 5.74) is 3.30. The zero-order chi connectivity index (χ0) is 19.1. The molecule has 2 aromatic heterocycles. The summed E-state index contributed by atoms with van der Waals surface area (Å²) in [6, 6.07) is 8.31. The van der Waals surface area contributed by atoms with Gasteiger partial charge in [0.05, 0.1) is 18.1 Å². The Balaban J connectivity index is 1.55. The minimum Gasteiger partial charge on any atom is -0.368 e. The number of hydrogen-bond donors (Lipinski definition) is 3. The van der Waals surface area contributed by atoms with Gasteiger partial charge >= 0.3 is 0 Å². The lowest BCUT2D eigenvalue weighted by Crippen LogP contribution is -2.39. The first-order chi connectivity index (χ1) is 13.2. The molecule has 0 aliphatic carbocycles. The van der Waals surface area contributed by atoms with Crippen molar-refractivity contribution in [2.75, 3.05) is 25.0 Å². The quantitative estimate of drug-likeness (QED) is 0.336. The van der Waals surface area contributed by atoms with Crippen molar-refractivity contribution in [1.29, 1.82) is 0 Å². The molecule has 0 fully saturated rings. The number of anilines is 1. The number of rotatable bonds is 7. The number of aromatic nitrogens is 4. The van der Waals surface area contributed by atoms with Gasteiger partial charge in [-0.1, -0.05) is 24.3 Å². The highest BCUT2D eigenvalue weighted by molar-refractivity contribution is 5.86. The fourth-order valence-electron chi connectivity index (χ4n) is 2.76. The molecule has 8 nitrogen and oxygen atoms in total. The lowest BCUT2D eigenvalue weighted by molar-refractivity contribution is 0.785. The summed E-state index contributed by atoms with van der Waals surface area (Å²) in [6.45, 7) is 7.05. The van der Waals surface area contributed by atoms with Crippen LogP contribution in [0.2, 0.25) is 0 Å². The van der Waals surface area contributed by atoms with Gasteiger partial charge < -0.3 is 16.0 Å². The number of aryl methyl sites for hydroxylation is 2. The Hall–Kier alpha value is -3.16. The molecule has 3 N–H and O–H groups in total. The lowest BCUT2D eigenvalue weighted by Gasteiger charge is -2.12. The molecule has 0 saturated heterocycles. The van der Waals surface area contributed by atoms with Crippen LogP contribution in [-0.4, -0.2) is 45.3 Å². The predicted molar refractivity (Wildman–Crippen MR) is 109 cm³/mol. The molecule has 0 unspecified atom stereocenters. The molecular weight excluding hydrogens is 340 g/mol. The second-order valence-electron chi connectivity index (χ2n) is 6.20. The van der Waals surface area contributed by atoms with Crippen LogP contribution in [0, 0.1) is 6.92 Å². The van der Waals surface area contributed by atoms with Crippen LogP contribution in [0.25, 0.3) is 11.0 Å². The summed E-state index contributed by atoms with van der Waals surface area (Å²) < 4.78 is 1.74. The molecule has 0 aliphatic rings. The monoisotopic (exact) mass is 366 g/mol. The molecule has 27 heavy (non-hydrogen) atoms. The Morgan fingerprint density at radius 3 is 2.81 bits per heavy atom. The van der Waals surface area contributed by atoms with E-state index in [0.29, 0.717) is 19.6 Å². The maximum atomic E-state index is 4.67. The number of aliphatic imine (C=N–C) groups is 1. The van der Waals surface area contributed by atoms with Gasteiger partial charge in [0, 0.05) is 26.7 Å². The van der Waals surface area contributed by atoms with Gasteiger partial charge in [-0.25, -0.2) is 15.0 Å². The average Bonchev–Trinajstić information content (AvgIpc) is 3.06. The van der Waals surface area contributed by atoms with E-state index in [9.17, 15) is 0 Å². The van der Waals surface area contributed by atoms with Crippen LogP contribution in [0.5, 0.6) is 0 Å². The molecular formula is C19H26N8. The Morgan fingerprint density at radius 2 is 2.00 bits per heavy atom. The van der Waals surface area contributed by atoms with E-state index in [-0.39, 0.29) is 0 Å². The normalized spacial score (nSPS) is 11.6. The molecule has 1 aromatic carbocycles. The number of benzene rings is 1. The summed E-state index contributed by atoms with van der Waals surface area (Å²) in [4.78, 5) is 13.2. The minimum atomic E-state index is 0.650. The Kier molecular flexibility index (Phi) is 6.19. The third-order valence-electron chi connectivity index (χ3n) is 4.25. The maximum absolute atomic E-state index is 4.67. The van der Waals surface area contributed by atoms with E-state index in [2.05, 4.69) is 62.0 Å². The van der Waals surface area contributed by atoms with Gasteiger partial charge in [0.15, 0.2) is 11.6 Å². The van der Waals surface area contributed by atoms with Crippen LogP contribution in [0.4, 0.5) is 5.82 Å². The standard InChI is InChI=1S/C19H26N8/c1-4-20-19(23-11-15-8-6-5-7-14(15)2)22-10-9-21-17-16-12-26-27(3)18(16)25-13-24-17/h5-8,12-13H,4,9-11H2,1-3H3,(H2,20,22,23)(H,21,24,25). The third kappa shape index (κ3) is 4.72. The van der Waals surface area contributed by atoms with E-state index in [1.807, 2.05) is 19.2 Å². The third-order valence-corrected chi connectivity index (χ3v) is 4.25. The van der Waals surface area contributed by atoms with Crippen LogP contribution >= 0.6 is 0 Å². The fraction of sp³-hybridized carbons (Fsp3) is 0.368. The highest BCUT2D eigenvalue weighted by Gasteiger charge is 2.07. The van der Waals surface area contributed by atoms with Gasteiger partial charge in [-0.3, -0.25) is 4.68 Å². The van der Waals surface area contributed by atoms with Gasteiger partial charge in [0.25, 0.3) is 0 Å². The molecule has 0 saturated carbocycles. The SMILES string of the molecule is CCNC(=NCc1ccccc1C)NCCNc1ncnc2c1cnn2C. The fourth-order valence-corrected chi connectivity index (χ4v) is 2.76. The molecule has 0 spiro atoms. The molecule has 0 amide bonds. The Labute approximate surface area is 159 Å². The first-order valence-electron chi connectivity index (χ1n) is 9.12. The van der Waals surface area contributed by atoms with Crippen LogP contribution in [-0.2, 0) is 13.6 Å². The largest absolute Gasteiger partial charge is 0.368 e. The summed E-state index contributed by atoms with van der Waals surface area (Å²) >= 11 is 0. The highest BCUT2D eigenvalue weighted by atomic mass is 15.3. The van der Waals surface area contributed by atoms with Crippen molar-refractivity contribution in [2.24, 2.45) is 12.0 Å². The topological polar surface area (TPSA) is 92.1 Å². The van der Waals surface area contributed by atoms with E-state index >= 15 is 0 Å². The highest BCUT2D eigenvalue weighted by Crippen LogP contribution is 2.17. The second-order valence-corrected chi connectivity index (χ2v) is 6.20. The Bertz CT molecular complexity index is 915.